The standard InChI is InChI=1S/C17H11BrClNO5S/c1-26(22,23)25-15-7-6-11(18)8-10(15)9-14-17(21)24-16(20-14)12-4-2-3-5-13(12)19/h2-9H,1H3/b14-9+. The van der Waals surface area contributed by atoms with E-state index in [1.165, 1.54) is 12.1 Å². The quantitative estimate of drug-likeness (QED) is 0.397. The van der Waals surface area contributed by atoms with Crippen molar-refractivity contribution < 1.29 is 22.1 Å². The minimum atomic E-state index is -3.73. The number of benzene rings is 2. The number of carbonyl (C=O) groups excluding carboxylic acids is 1. The van der Waals surface area contributed by atoms with Crippen LogP contribution >= 0.6 is 27.5 Å². The molecule has 0 N–H and O–H groups in total. The van der Waals surface area contributed by atoms with Gasteiger partial charge in [0.15, 0.2) is 5.70 Å². The monoisotopic (exact) mass is 455 g/mol. The van der Waals surface area contributed by atoms with E-state index < -0.39 is 16.1 Å². The van der Waals surface area contributed by atoms with Crippen LogP contribution in [0.1, 0.15) is 11.1 Å². The maximum absolute atomic E-state index is 12.1. The van der Waals surface area contributed by atoms with Crippen molar-refractivity contribution in [2.75, 3.05) is 6.26 Å². The molecule has 1 aliphatic rings. The number of cyclic esters (lactones) is 1. The first-order valence-electron chi connectivity index (χ1n) is 7.19. The number of esters is 1. The van der Waals surface area contributed by atoms with Gasteiger partial charge in [0.25, 0.3) is 0 Å². The minimum absolute atomic E-state index is 0.00336. The number of ether oxygens (including phenoxy) is 1. The number of hydrogen-bond acceptors (Lipinski definition) is 6. The average Bonchev–Trinajstić information content (AvgIpc) is 2.90. The zero-order valence-corrected chi connectivity index (χ0v) is 16.4. The molecule has 0 radical (unpaired) electrons. The smallest absolute Gasteiger partial charge is 0.363 e. The number of carbonyl (C=O) groups is 1. The highest BCUT2D eigenvalue weighted by Gasteiger charge is 2.26. The largest absolute Gasteiger partial charge is 0.402 e. The summed E-state index contributed by atoms with van der Waals surface area (Å²) in [6.07, 6.45) is 2.32. The van der Waals surface area contributed by atoms with E-state index in [-0.39, 0.29) is 17.3 Å². The molecule has 134 valence electrons. The molecule has 0 saturated carbocycles. The third kappa shape index (κ3) is 4.32. The Kier molecular flexibility index (Phi) is 5.17. The fraction of sp³-hybridized carbons (Fsp3) is 0.0588. The van der Waals surface area contributed by atoms with Gasteiger partial charge in [-0.1, -0.05) is 39.7 Å². The highest BCUT2D eigenvalue weighted by molar-refractivity contribution is 9.10. The van der Waals surface area contributed by atoms with Gasteiger partial charge in [0.1, 0.15) is 5.75 Å². The van der Waals surface area contributed by atoms with Crippen molar-refractivity contribution in [3.63, 3.8) is 0 Å². The van der Waals surface area contributed by atoms with Crippen LogP contribution in [0.5, 0.6) is 5.75 Å². The van der Waals surface area contributed by atoms with Gasteiger partial charge >= 0.3 is 16.1 Å². The van der Waals surface area contributed by atoms with Crippen LogP contribution in [0.2, 0.25) is 5.02 Å². The Morgan fingerprint density at radius 2 is 1.96 bits per heavy atom. The summed E-state index contributed by atoms with van der Waals surface area (Å²) in [7, 11) is -3.73. The topological polar surface area (TPSA) is 82.0 Å². The molecule has 9 heteroatoms. The first-order chi connectivity index (χ1) is 12.2. The second-order valence-corrected chi connectivity index (χ2v) is 8.18. The highest BCUT2D eigenvalue weighted by atomic mass is 79.9. The average molecular weight is 457 g/mol. The minimum Gasteiger partial charge on any atom is -0.402 e. The van der Waals surface area contributed by atoms with Gasteiger partial charge in [-0.3, -0.25) is 0 Å². The van der Waals surface area contributed by atoms with Crippen molar-refractivity contribution in [2.45, 2.75) is 0 Å². The number of aliphatic imine (C=N–C) groups is 1. The Labute approximate surface area is 163 Å². The molecule has 2 aromatic rings. The Balaban J connectivity index is 2.04. The van der Waals surface area contributed by atoms with Crippen LogP contribution in [-0.4, -0.2) is 26.5 Å². The molecule has 0 saturated heterocycles. The lowest BCUT2D eigenvalue weighted by molar-refractivity contribution is -0.129. The van der Waals surface area contributed by atoms with Crippen molar-refractivity contribution in [1.29, 1.82) is 0 Å². The third-order valence-corrected chi connectivity index (χ3v) is 4.54. The molecule has 0 unspecified atom stereocenters. The lowest BCUT2D eigenvalue weighted by Crippen LogP contribution is -2.07. The molecule has 0 aliphatic carbocycles. The fourth-order valence-electron chi connectivity index (χ4n) is 2.18. The zero-order chi connectivity index (χ0) is 18.9. The van der Waals surface area contributed by atoms with E-state index in [1.54, 1.807) is 36.4 Å². The summed E-state index contributed by atoms with van der Waals surface area (Å²) in [4.78, 5) is 16.3. The van der Waals surface area contributed by atoms with Gasteiger partial charge in [0.05, 0.1) is 16.8 Å². The van der Waals surface area contributed by atoms with Crippen LogP contribution in [0.25, 0.3) is 6.08 Å². The molecule has 0 atom stereocenters. The molecule has 3 rings (SSSR count). The molecular formula is C17H11BrClNO5S. The van der Waals surface area contributed by atoms with Gasteiger partial charge in [0.2, 0.25) is 5.90 Å². The highest BCUT2D eigenvalue weighted by Crippen LogP contribution is 2.29. The van der Waals surface area contributed by atoms with Crippen LogP contribution in [0, 0.1) is 0 Å². The van der Waals surface area contributed by atoms with Crippen molar-refractivity contribution in [3.05, 3.63) is 68.8 Å². The summed E-state index contributed by atoms with van der Waals surface area (Å²) < 4.78 is 33.6. The summed E-state index contributed by atoms with van der Waals surface area (Å²) in [6, 6.07) is 11.5. The lowest BCUT2D eigenvalue weighted by atomic mass is 10.1. The first kappa shape index (κ1) is 18.6. The van der Waals surface area contributed by atoms with Crippen molar-refractivity contribution in [1.82, 2.24) is 0 Å². The van der Waals surface area contributed by atoms with Crippen molar-refractivity contribution in [3.8, 4) is 5.75 Å². The molecule has 0 amide bonds. The first-order valence-corrected chi connectivity index (χ1v) is 10.2. The summed E-state index contributed by atoms with van der Waals surface area (Å²) >= 11 is 9.39. The van der Waals surface area contributed by atoms with Gasteiger partial charge in [0, 0.05) is 10.0 Å². The number of nitrogens with zero attached hydrogens (tertiary/aromatic N) is 1. The van der Waals surface area contributed by atoms with E-state index >= 15 is 0 Å². The van der Waals surface area contributed by atoms with E-state index in [0.29, 0.717) is 20.6 Å². The predicted molar refractivity (Wildman–Crippen MR) is 102 cm³/mol. The van der Waals surface area contributed by atoms with Gasteiger partial charge < -0.3 is 8.92 Å². The molecule has 0 aromatic heterocycles. The molecule has 1 aliphatic heterocycles. The molecule has 6 nitrogen and oxygen atoms in total. The summed E-state index contributed by atoms with van der Waals surface area (Å²) in [6.45, 7) is 0. The Morgan fingerprint density at radius 1 is 1.23 bits per heavy atom. The number of rotatable bonds is 4. The Morgan fingerprint density at radius 3 is 2.65 bits per heavy atom. The molecule has 0 bridgehead atoms. The number of hydrogen-bond donors (Lipinski definition) is 0. The van der Waals surface area contributed by atoms with Crippen LogP contribution in [-0.2, 0) is 19.6 Å². The fourth-order valence-corrected chi connectivity index (χ4v) is 3.25. The van der Waals surface area contributed by atoms with Gasteiger partial charge in [-0.25, -0.2) is 9.79 Å². The Bertz CT molecular complexity index is 1060. The van der Waals surface area contributed by atoms with E-state index in [9.17, 15) is 13.2 Å². The van der Waals surface area contributed by atoms with E-state index in [4.69, 9.17) is 20.5 Å². The van der Waals surface area contributed by atoms with E-state index in [0.717, 1.165) is 6.26 Å². The summed E-state index contributed by atoms with van der Waals surface area (Å²) in [5.74, 6) is -0.532. The lowest BCUT2D eigenvalue weighted by Gasteiger charge is -2.07. The van der Waals surface area contributed by atoms with E-state index in [1.807, 2.05) is 0 Å². The number of halogens is 2. The van der Waals surface area contributed by atoms with Crippen LogP contribution < -0.4 is 4.18 Å². The molecule has 2 aromatic carbocycles. The normalized spacial score (nSPS) is 15.7. The Hall–Kier alpha value is -2.16. The van der Waals surface area contributed by atoms with Crippen molar-refractivity contribution in [2.24, 2.45) is 4.99 Å². The summed E-state index contributed by atoms with van der Waals surface area (Å²) in [5, 5.41) is 0.392. The second kappa shape index (κ2) is 7.22. The predicted octanol–water partition coefficient (Wildman–Crippen LogP) is 3.79. The van der Waals surface area contributed by atoms with Crippen LogP contribution in [0.15, 0.2) is 57.6 Å². The molecule has 1 heterocycles. The van der Waals surface area contributed by atoms with Crippen molar-refractivity contribution >= 4 is 55.6 Å². The zero-order valence-electron chi connectivity index (χ0n) is 13.3. The van der Waals surface area contributed by atoms with Crippen LogP contribution in [0.3, 0.4) is 0 Å². The van der Waals surface area contributed by atoms with Gasteiger partial charge in [-0.2, -0.15) is 8.42 Å². The van der Waals surface area contributed by atoms with Gasteiger partial charge in [-0.15, -0.1) is 0 Å². The van der Waals surface area contributed by atoms with Crippen LogP contribution in [0.4, 0.5) is 0 Å². The SMILES string of the molecule is CS(=O)(=O)Oc1ccc(Br)cc1/C=C1/N=C(c2ccccc2Cl)OC1=O. The summed E-state index contributed by atoms with van der Waals surface area (Å²) in [5.41, 5.74) is 0.824. The van der Waals surface area contributed by atoms with Gasteiger partial charge in [-0.05, 0) is 36.4 Å². The molecule has 0 spiro atoms. The second-order valence-electron chi connectivity index (χ2n) is 5.29. The maximum Gasteiger partial charge on any atom is 0.363 e. The molecule has 26 heavy (non-hydrogen) atoms. The molecule has 0 fully saturated rings. The molecular weight excluding hydrogens is 446 g/mol. The van der Waals surface area contributed by atoms with E-state index in [2.05, 4.69) is 20.9 Å². The third-order valence-electron chi connectivity index (χ3n) is 3.23. The maximum atomic E-state index is 12.1.